The van der Waals surface area contributed by atoms with E-state index in [0.717, 1.165) is 12.3 Å². The topological polar surface area (TPSA) is 77.0 Å². The van der Waals surface area contributed by atoms with Crippen molar-refractivity contribution in [2.24, 2.45) is 5.16 Å². The number of aromatic nitrogens is 1. The summed E-state index contributed by atoms with van der Waals surface area (Å²) in [6.07, 6.45) is -2.37. The zero-order valence-electron chi connectivity index (χ0n) is 6.78. The fourth-order valence-electron chi connectivity index (χ4n) is 0.781. The number of halogens is 3. The molecular formula is C7H7F3N2O2. The molecular weight excluding hydrogens is 201 g/mol. The third kappa shape index (κ3) is 2.70. The van der Waals surface area contributed by atoms with E-state index in [1.54, 1.807) is 0 Å². The van der Waals surface area contributed by atoms with E-state index >= 15 is 0 Å². The first kappa shape index (κ1) is 12.4. The molecule has 1 rings (SSSR count). The van der Waals surface area contributed by atoms with Gasteiger partial charge in [0.25, 0.3) is 0 Å². The van der Waals surface area contributed by atoms with Gasteiger partial charge in [0, 0.05) is 18.0 Å². The van der Waals surface area contributed by atoms with E-state index in [2.05, 4.69) is 10.1 Å². The Morgan fingerprint density at radius 1 is 1.43 bits per heavy atom. The molecule has 1 aromatic rings. The van der Waals surface area contributed by atoms with Crippen LogP contribution >= 0.6 is 0 Å². The van der Waals surface area contributed by atoms with Crippen LogP contribution in [0.5, 0.6) is 0 Å². The van der Waals surface area contributed by atoms with Crippen LogP contribution in [0.1, 0.15) is 5.56 Å². The molecule has 0 aromatic carbocycles. The van der Waals surface area contributed by atoms with Gasteiger partial charge in [-0.3, -0.25) is 4.98 Å². The summed E-state index contributed by atoms with van der Waals surface area (Å²) < 4.78 is 36.3. The predicted octanol–water partition coefficient (Wildman–Crippen LogP) is 0.997. The van der Waals surface area contributed by atoms with Crippen LogP contribution in [0.2, 0.25) is 0 Å². The van der Waals surface area contributed by atoms with Gasteiger partial charge in [-0.1, -0.05) is 5.16 Å². The highest BCUT2D eigenvalue weighted by Gasteiger charge is 2.37. The molecule has 0 atom stereocenters. The fourth-order valence-corrected chi connectivity index (χ4v) is 0.781. The van der Waals surface area contributed by atoms with Crippen molar-refractivity contribution in [2.75, 3.05) is 0 Å². The van der Waals surface area contributed by atoms with Gasteiger partial charge in [-0.2, -0.15) is 13.2 Å². The maximum absolute atomic E-state index is 12.1. The third-order valence-corrected chi connectivity index (χ3v) is 1.30. The van der Waals surface area contributed by atoms with Crippen LogP contribution in [0.25, 0.3) is 0 Å². The molecule has 0 radical (unpaired) electrons. The van der Waals surface area contributed by atoms with Gasteiger partial charge in [-0.05, 0) is 12.1 Å². The lowest BCUT2D eigenvalue weighted by Gasteiger charge is -2.07. The van der Waals surface area contributed by atoms with Crippen LogP contribution in [-0.2, 0) is 0 Å². The molecule has 1 heterocycles. The van der Waals surface area contributed by atoms with E-state index in [4.69, 9.17) is 5.21 Å². The Bertz CT molecular complexity index is 310. The number of pyridine rings is 1. The lowest BCUT2D eigenvalue weighted by atomic mass is 10.2. The first-order valence-corrected chi connectivity index (χ1v) is 3.25. The number of alkyl halides is 3. The molecule has 0 spiro atoms. The van der Waals surface area contributed by atoms with E-state index in [-0.39, 0.29) is 11.0 Å². The summed E-state index contributed by atoms with van der Waals surface area (Å²) in [6, 6.07) is 2.49. The van der Waals surface area contributed by atoms with Gasteiger partial charge in [0.2, 0.25) is 0 Å². The molecule has 0 bridgehead atoms. The Balaban J connectivity index is 0.00000169. The molecule has 7 heteroatoms. The van der Waals surface area contributed by atoms with Gasteiger partial charge in [0.05, 0.1) is 0 Å². The minimum atomic E-state index is -4.67. The summed E-state index contributed by atoms with van der Waals surface area (Å²) in [5.41, 5.74) is -1.61. The van der Waals surface area contributed by atoms with E-state index in [0.29, 0.717) is 0 Å². The normalized spacial score (nSPS) is 12.1. The summed E-state index contributed by atoms with van der Waals surface area (Å²) >= 11 is 0. The van der Waals surface area contributed by atoms with Crippen molar-refractivity contribution in [2.45, 2.75) is 6.18 Å². The Hall–Kier alpha value is -1.63. The first-order valence-electron chi connectivity index (χ1n) is 3.25. The molecule has 4 nitrogen and oxygen atoms in total. The zero-order valence-corrected chi connectivity index (χ0v) is 6.78. The van der Waals surface area contributed by atoms with Gasteiger partial charge in [0.15, 0.2) is 5.71 Å². The van der Waals surface area contributed by atoms with Crippen molar-refractivity contribution in [1.82, 2.24) is 4.98 Å². The molecule has 0 saturated heterocycles. The molecule has 0 aliphatic carbocycles. The summed E-state index contributed by atoms with van der Waals surface area (Å²) in [5.74, 6) is 0. The van der Waals surface area contributed by atoms with Gasteiger partial charge in [-0.15, -0.1) is 0 Å². The largest absolute Gasteiger partial charge is 0.437 e. The Morgan fingerprint density at radius 2 is 2.07 bits per heavy atom. The summed E-state index contributed by atoms with van der Waals surface area (Å²) in [4.78, 5) is 3.48. The first-order chi connectivity index (χ1) is 6.05. The van der Waals surface area contributed by atoms with E-state index in [1.807, 2.05) is 0 Å². The molecule has 78 valence electrons. The Morgan fingerprint density at radius 3 is 2.43 bits per heavy atom. The zero-order chi connectivity index (χ0) is 9.90. The van der Waals surface area contributed by atoms with Crippen molar-refractivity contribution in [3.05, 3.63) is 30.1 Å². The lowest BCUT2D eigenvalue weighted by Crippen LogP contribution is -2.24. The molecule has 0 amide bonds. The second kappa shape index (κ2) is 4.56. The minimum Gasteiger partial charge on any atom is -0.412 e. The molecule has 1 aromatic heterocycles. The van der Waals surface area contributed by atoms with Crippen molar-refractivity contribution in [3.8, 4) is 0 Å². The molecule has 0 unspecified atom stereocenters. The molecule has 0 aliphatic heterocycles. The highest BCUT2D eigenvalue weighted by molar-refractivity contribution is 6.03. The van der Waals surface area contributed by atoms with Crippen molar-refractivity contribution in [1.29, 1.82) is 0 Å². The fraction of sp³-hybridized carbons (Fsp3) is 0.143. The molecule has 0 fully saturated rings. The van der Waals surface area contributed by atoms with Crippen molar-refractivity contribution >= 4 is 5.71 Å². The molecule has 14 heavy (non-hydrogen) atoms. The van der Waals surface area contributed by atoms with E-state index in [9.17, 15) is 13.2 Å². The second-order valence-corrected chi connectivity index (χ2v) is 2.19. The number of nitrogens with zero attached hydrogens (tertiary/aromatic N) is 2. The highest BCUT2D eigenvalue weighted by atomic mass is 19.4. The highest BCUT2D eigenvalue weighted by Crippen LogP contribution is 2.21. The maximum atomic E-state index is 12.1. The minimum absolute atomic E-state index is 0. The summed E-state index contributed by atoms with van der Waals surface area (Å²) in [6.45, 7) is 0. The van der Waals surface area contributed by atoms with Crippen molar-refractivity contribution in [3.63, 3.8) is 0 Å². The predicted molar refractivity (Wildman–Crippen MR) is 42.2 cm³/mol. The number of hydrogen-bond acceptors (Lipinski definition) is 3. The van der Waals surface area contributed by atoms with Crippen LogP contribution < -0.4 is 0 Å². The number of oxime groups is 1. The van der Waals surface area contributed by atoms with Gasteiger partial charge >= 0.3 is 6.18 Å². The molecule has 0 aliphatic rings. The van der Waals surface area contributed by atoms with Crippen molar-refractivity contribution < 1.29 is 23.9 Å². The van der Waals surface area contributed by atoms with Gasteiger partial charge < -0.3 is 10.7 Å². The van der Waals surface area contributed by atoms with E-state index in [1.165, 1.54) is 12.3 Å². The maximum Gasteiger partial charge on any atom is 0.437 e. The van der Waals surface area contributed by atoms with E-state index < -0.39 is 11.9 Å². The van der Waals surface area contributed by atoms with Gasteiger partial charge in [0.1, 0.15) is 0 Å². The standard InChI is InChI=1S/C7H5F3N2O.H2O/c8-7(9,10)6(12-13)5-2-1-3-11-4-5;/h1-4,13H;1H2/b12-6+;. The quantitative estimate of drug-likeness (QED) is 0.424. The van der Waals surface area contributed by atoms with Crippen LogP contribution in [0, 0.1) is 0 Å². The third-order valence-electron chi connectivity index (χ3n) is 1.30. The average molecular weight is 208 g/mol. The number of hydrogen-bond donors (Lipinski definition) is 1. The monoisotopic (exact) mass is 208 g/mol. The second-order valence-electron chi connectivity index (χ2n) is 2.19. The summed E-state index contributed by atoms with van der Waals surface area (Å²) in [7, 11) is 0. The average Bonchev–Trinajstić information content (AvgIpc) is 2.05. The van der Waals surface area contributed by atoms with Gasteiger partial charge in [-0.25, -0.2) is 0 Å². The van der Waals surface area contributed by atoms with Crippen LogP contribution in [0.3, 0.4) is 0 Å². The Kier molecular flexibility index (Phi) is 4.03. The SMILES string of the molecule is O.O/N=C(\c1cccnc1)C(F)(F)F. The van der Waals surface area contributed by atoms with Crippen LogP contribution in [-0.4, -0.2) is 27.6 Å². The van der Waals surface area contributed by atoms with Crippen LogP contribution in [0.4, 0.5) is 13.2 Å². The smallest absolute Gasteiger partial charge is 0.412 e. The van der Waals surface area contributed by atoms with Crippen LogP contribution in [0.15, 0.2) is 29.7 Å². The lowest BCUT2D eigenvalue weighted by molar-refractivity contribution is -0.0601. The molecule has 3 N–H and O–H groups in total. The number of rotatable bonds is 1. The Labute approximate surface area is 77.0 Å². The molecule has 0 saturated carbocycles. The summed E-state index contributed by atoms with van der Waals surface area (Å²) in [5, 5.41) is 10.3.